The highest BCUT2D eigenvalue weighted by atomic mass is 16.1. The molecule has 8 rings (SSSR count). The number of hydrogen-bond donors (Lipinski definition) is 1. The first-order valence-electron chi connectivity index (χ1n) is 13.8. The number of para-hydroxylation sites is 3. The summed E-state index contributed by atoms with van der Waals surface area (Å²) in [7, 11) is 0. The van der Waals surface area contributed by atoms with Crippen LogP contribution in [0.2, 0.25) is 0 Å². The molecule has 0 amide bonds. The van der Waals surface area contributed by atoms with Gasteiger partial charge in [-0.1, -0.05) is 98.1 Å². The van der Waals surface area contributed by atoms with E-state index in [9.17, 15) is 4.79 Å². The highest BCUT2D eigenvalue weighted by Crippen LogP contribution is 2.39. The lowest BCUT2D eigenvalue weighted by Gasteiger charge is -2.12. The fourth-order valence-corrected chi connectivity index (χ4v) is 6.32. The molecule has 0 saturated heterocycles. The smallest absolute Gasteiger partial charge is 0.256 e. The Labute approximate surface area is 240 Å². The Kier molecular flexibility index (Phi) is 5.21. The lowest BCUT2D eigenvalue weighted by atomic mass is 9.96. The molecule has 3 aromatic heterocycles. The van der Waals surface area contributed by atoms with E-state index in [1.54, 1.807) is 12.2 Å². The van der Waals surface area contributed by atoms with Gasteiger partial charge in [-0.2, -0.15) is 0 Å². The van der Waals surface area contributed by atoms with E-state index in [0.29, 0.717) is 11.3 Å². The van der Waals surface area contributed by atoms with Crippen LogP contribution >= 0.6 is 0 Å². The van der Waals surface area contributed by atoms with Gasteiger partial charge >= 0.3 is 0 Å². The van der Waals surface area contributed by atoms with E-state index in [4.69, 9.17) is 9.97 Å². The number of allylic oxidation sites excluding steroid dienone is 4. The molecule has 0 spiro atoms. The summed E-state index contributed by atoms with van der Waals surface area (Å²) in [4.78, 5) is 26.3. The molecule has 1 N–H and O–H groups in total. The summed E-state index contributed by atoms with van der Waals surface area (Å²) in [5.41, 5.74) is 5.26. The van der Waals surface area contributed by atoms with Crippen LogP contribution in [-0.2, 0) is 0 Å². The first-order valence-corrected chi connectivity index (χ1v) is 13.8. The van der Waals surface area contributed by atoms with Gasteiger partial charge in [-0.3, -0.25) is 9.36 Å². The molecule has 0 atom stereocenters. The fraction of sp³-hybridized carbons (Fsp3) is 0. The first-order chi connectivity index (χ1) is 20.7. The van der Waals surface area contributed by atoms with Crippen LogP contribution in [0.5, 0.6) is 0 Å². The molecule has 0 radical (unpaired) electrons. The topological polar surface area (TPSA) is 63.6 Å². The number of nitrogens with one attached hydrogen (secondary N) is 1. The zero-order valence-electron chi connectivity index (χ0n) is 22.6. The van der Waals surface area contributed by atoms with E-state index in [0.717, 1.165) is 71.0 Å². The number of nitrogens with zero attached hydrogens (tertiary/aromatic N) is 3. The third-order valence-electron chi connectivity index (χ3n) is 8.11. The van der Waals surface area contributed by atoms with Crippen LogP contribution in [0.1, 0.15) is 5.69 Å². The molecule has 5 heteroatoms. The van der Waals surface area contributed by atoms with Crippen molar-refractivity contribution >= 4 is 70.7 Å². The second-order valence-electron chi connectivity index (χ2n) is 10.3. The minimum atomic E-state index is -0.0872. The number of aromatic nitrogens is 4. The van der Waals surface area contributed by atoms with Crippen molar-refractivity contribution in [2.75, 3.05) is 0 Å². The average Bonchev–Trinajstić information content (AvgIpc) is 3.37. The quantitative estimate of drug-likeness (QED) is 0.179. The largest absolute Gasteiger partial charge is 0.321 e. The lowest BCUT2D eigenvalue weighted by Crippen LogP contribution is -2.06. The summed E-state index contributed by atoms with van der Waals surface area (Å²) in [6.07, 6.45) is 5.47. The van der Waals surface area contributed by atoms with E-state index in [1.807, 2.05) is 60.7 Å². The van der Waals surface area contributed by atoms with Crippen LogP contribution in [0.4, 0.5) is 0 Å². The van der Waals surface area contributed by atoms with Crippen LogP contribution in [-0.4, -0.2) is 19.5 Å². The highest BCUT2D eigenvalue weighted by molar-refractivity contribution is 6.28. The van der Waals surface area contributed by atoms with Crippen LogP contribution in [0.3, 0.4) is 0 Å². The van der Waals surface area contributed by atoms with Crippen molar-refractivity contribution < 1.29 is 0 Å². The molecular weight excluding hydrogens is 516 g/mol. The van der Waals surface area contributed by atoms with Gasteiger partial charge in [-0.05, 0) is 41.1 Å². The van der Waals surface area contributed by atoms with E-state index in [1.165, 1.54) is 0 Å². The standard InChI is InChI=1S/C37H24N4O/c1-3-11-22(4-2)35-26-13-6-9-16-30(26)39-37(40-35)41-31-17-10-7-14-27(31)34-24-18-19-28-33(23(24)20-21-32(34)41)25-12-5-8-15-29(25)38-36(28)42/h3-21H,1-2H2,(H,38,42)/b22-11+. The molecule has 8 aromatic rings. The number of fused-ring (bicyclic) bond motifs is 10. The first kappa shape index (κ1) is 24.0. The monoisotopic (exact) mass is 540 g/mol. The van der Waals surface area contributed by atoms with Gasteiger partial charge in [0.15, 0.2) is 0 Å². The highest BCUT2D eigenvalue weighted by Gasteiger charge is 2.20. The SMILES string of the molecule is C=C/C=C(\C=C)c1nc(-n2c3ccccc3c3c4ccc5c(=O)[nH]c6ccccc6c5c4ccc32)nc2ccccc12. The third-order valence-corrected chi connectivity index (χ3v) is 8.11. The van der Waals surface area contributed by atoms with Crippen molar-refractivity contribution in [2.24, 2.45) is 0 Å². The molecule has 0 aliphatic carbocycles. The van der Waals surface area contributed by atoms with Gasteiger partial charge in [0, 0.05) is 43.4 Å². The lowest BCUT2D eigenvalue weighted by molar-refractivity contribution is 1.00. The van der Waals surface area contributed by atoms with Crippen LogP contribution in [0.15, 0.2) is 133 Å². The number of rotatable bonds is 4. The minimum absolute atomic E-state index is 0.0872. The molecule has 42 heavy (non-hydrogen) atoms. The Morgan fingerprint density at radius 1 is 0.667 bits per heavy atom. The summed E-state index contributed by atoms with van der Waals surface area (Å²) in [5.74, 6) is 0.578. The number of pyridine rings is 1. The summed E-state index contributed by atoms with van der Waals surface area (Å²) in [6.45, 7) is 7.92. The number of hydrogen-bond acceptors (Lipinski definition) is 3. The fourth-order valence-electron chi connectivity index (χ4n) is 6.32. The van der Waals surface area contributed by atoms with Gasteiger partial charge < -0.3 is 4.98 Å². The Morgan fingerprint density at radius 3 is 2.19 bits per heavy atom. The zero-order chi connectivity index (χ0) is 28.4. The Balaban J connectivity index is 1.54. The van der Waals surface area contributed by atoms with Crippen molar-refractivity contribution in [3.05, 3.63) is 144 Å². The molecule has 0 fully saturated rings. The maximum Gasteiger partial charge on any atom is 0.256 e. The van der Waals surface area contributed by atoms with Crippen molar-refractivity contribution in [1.29, 1.82) is 0 Å². The number of H-pyrrole nitrogens is 1. The zero-order valence-corrected chi connectivity index (χ0v) is 22.6. The van der Waals surface area contributed by atoms with Crippen molar-refractivity contribution in [3.63, 3.8) is 0 Å². The molecule has 0 aliphatic heterocycles. The van der Waals surface area contributed by atoms with Crippen LogP contribution in [0.25, 0.3) is 76.7 Å². The minimum Gasteiger partial charge on any atom is -0.321 e. The number of aromatic amines is 1. The summed E-state index contributed by atoms with van der Waals surface area (Å²) in [5, 5.41) is 7.91. The molecule has 198 valence electrons. The van der Waals surface area contributed by atoms with E-state index in [-0.39, 0.29) is 5.56 Å². The molecule has 0 aliphatic rings. The molecular formula is C37H24N4O. The van der Waals surface area contributed by atoms with Gasteiger partial charge in [0.2, 0.25) is 5.95 Å². The summed E-state index contributed by atoms with van der Waals surface area (Å²) >= 11 is 0. The van der Waals surface area contributed by atoms with Crippen molar-refractivity contribution in [1.82, 2.24) is 19.5 Å². The van der Waals surface area contributed by atoms with Crippen molar-refractivity contribution in [2.45, 2.75) is 0 Å². The molecule has 5 aromatic carbocycles. The van der Waals surface area contributed by atoms with Gasteiger partial charge in [0.1, 0.15) is 0 Å². The van der Waals surface area contributed by atoms with E-state index >= 15 is 0 Å². The molecule has 0 unspecified atom stereocenters. The second kappa shape index (κ2) is 9.11. The molecule has 3 heterocycles. The van der Waals surface area contributed by atoms with Gasteiger partial charge in [0.05, 0.1) is 22.2 Å². The Hall–Kier alpha value is -5.81. The summed E-state index contributed by atoms with van der Waals surface area (Å²) in [6, 6.07) is 32.6. The van der Waals surface area contributed by atoms with Gasteiger partial charge in [-0.15, -0.1) is 0 Å². The average molecular weight is 541 g/mol. The maximum atomic E-state index is 13.1. The van der Waals surface area contributed by atoms with E-state index < -0.39 is 0 Å². The van der Waals surface area contributed by atoms with Gasteiger partial charge in [0.25, 0.3) is 5.56 Å². The number of benzene rings is 5. The van der Waals surface area contributed by atoms with Crippen LogP contribution < -0.4 is 5.56 Å². The van der Waals surface area contributed by atoms with E-state index in [2.05, 4.69) is 65.2 Å². The van der Waals surface area contributed by atoms with Crippen molar-refractivity contribution in [3.8, 4) is 5.95 Å². The Bertz CT molecular complexity index is 2530. The molecule has 5 nitrogen and oxygen atoms in total. The maximum absolute atomic E-state index is 13.1. The summed E-state index contributed by atoms with van der Waals surface area (Å²) < 4.78 is 2.13. The molecule has 0 saturated carbocycles. The predicted octanol–water partition coefficient (Wildman–Crippen LogP) is 8.63. The third kappa shape index (κ3) is 3.34. The van der Waals surface area contributed by atoms with Gasteiger partial charge in [-0.25, -0.2) is 9.97 Å². The molecule has 0 bridgehead atoms. The Morgan fingerprint density at radius 2 is 1.36 bits per heavy atom. The second-order valence-corrected chi connectivity index (χ2v) is 10.3. The normalized spacial score (nSPS) is 12.2. The van der Waals surface area contributed by atoms with Crippen LogP contribution in [0, 0.1) is 0 Å². The predicted molar refractivity (Wildman–Crippen MR) is 175 cm³/mol.